The minimum absolute atomic E-state index is 0. The summed E-state index contributed by atoms with van der Waals surface area (Å²) in [6.45, 7) is 0.194. The number of carboxylic acids is 1. The molecule has 0 saturated carbocycles. The number of benzene rings is 1. The third-order valence-corrected chi connectivity index (χ3v) is 1.79. The molecule has 0 aliphatic rings. The van der Waals surface area contributed by atoms with Crippen molar-refractivity contribution in [3.63, 3.8) is 0 Å². The van der Waals surface area contributed by atoms with Crippen LogP contribution in [0.15, 0.2) is 30.3 Å². The van der Waals surface area contributed by atoms with Crippen molar-refractivity contribution in [1.82, 2.24) is 0 Å². The number of hydrogen-bond acceptors (Lipinski definition) is 3. The van der Waals surface area contributed by atoms with E-state index in [-0.39, 0.29) is 49.0 Å². The van der Waals surface area contributed by atoms with Gasteiger partial charge in [-0.05, 0) is 5.56 Å². The van der Waals surface area contributed by atoms with Crippen LogP contribution in [-0.2, 0) is 20.9 Å². The third-order valence-electron chi connectivity index (χ3n) is 1.79. The standard InChI is InChI=1S/C11H12O4.Na/c12-10(13)6-7-11(14)15-8-9-4-2-1-3-5-9;/h1-5H,6-8H2,(H,12,13);/q;+1. The molecule has 0 radical (unpaired) electrons. The molecular weight excluding hydrogens is 219 g/mol. The molecule has 0 spiro atoms. The summed E-state index contributed by atoms with van der Waals surface area (Å²) in [6, 6.07) is 9.24. The summed E-state index contributed by atoms with van der Waals surface area (Å²) < 4.78 is 4.88. The quantitative estimate of drug-likeness (QED) is 0.500. The Morgan fingerprint density at radius 2 is 1.75 bits per heavy atom. The van der Waals surface area contributed by atoms with Crippen molar-refractivity contribution in [2.45, 2.75) is 19.4 Å². The fourth-order valence-electron chi connectivity index (χ4n) is 1.02. The molecule has 0 aliphatic heterocycles. The number of ether oxygens (including phenoxy) is 1. The van der Waals surface area contributed by atoms with Gasteiger partial charge in [-0.25, -0.2) is 0 Å². The first-order valence-electron chi connectivity index (χ1n) is 4.60. The van der Waals surface area contributed by atoms with Gasteiger partial charge < -0.3 is 9.84 Å². The van der Waals surface area contributed by atoms with E-state index in [0.717, 1.165) is 5.56 Å². The molecule has 1 aromatic carbocycles. The Hall–Kier alpha value is -0.840. The summed E-state index contributed by atoms with van der Waals surface area (Å²) in [7, 11) is 0. The van der Waals surface area contributed by atoms with E-state index in [1.165, 1.54) is 0 Å². The van der Waals surface area contributed by atoms with Gasteiger partial charge in [0.15, 0.2) is 0 Å². The summed E-state index contributed by atoms with van der Waals surface area (Å²) in [5.74, 6) is -1.48. The Balaban J connectivity index is 0.00000225. The molecule has 0 bridgehead atoms. The maximum Gasteiger partial charge on any atom is 1.00 e. The normalized spacial score (nSPS) is 9.00. The van der Waals surface area contributed by atoms with E-state index in [9.17, 15) is 9.59 Å². The van der Waals surface area contributed by atoms with E-state index in [2.05, 4.69) is 0 Å². The topological polar surface area (TPSA) is 63.6 Å². The van der Waals surface area contributed by atoms with Gasteiger partial charge in [-0.3, -0.25) is 9.59 Å². The summed E-state index contributed by atoms with van der Waals surface area (Å²) in [4.78, 5) is 21.2. The van der Waals surface area contributed by atoms with Crippen molar-refractivity contribution in [3.8, 4) is 0 Å². The van der Waals surface area contributed by atoms with Crippen LogP contribution in [0.2, 0.25) is 0 Å². The number of carbonyl (C=O) groups excluding carboxylic acids is 1. The Morgan fingerprint density at radius 1 is 1.12 bits per heavy atom. The molecule has 0 atom stereocenters. The van der Waals surface area contributed by atoms with Gasteiger partial charge in [0, 0.05) is 0 Å². The van der Waals surface area contributed by atoms with E-state index >= 15 is 0 Å². The molecule has 0 amide bonds. The van der Waals surface area contributed by atoms with Gasteiger partial charge in [-0.1, -0.05) is 30.3 Å². The second kappa shape index (κ2) is 8.33. The van der Waals surface area contributed by atoms with Gasteiger partial charge >= 0.3 is 41.5 Å². The molecule has 16 heavy (non-hydrogen) atoms. The Labute approximate surface area is 116 Å². The number of rotatable bonds is 5. The van der Waals surface area contributed by atoms with Gasteiger partial charge in [0.1, 0.15) is 6.61 Å². The van der Waals surface area contributed by atoms with Crippen molar-refractivity contribution in [2.75, 3.05) is 0 Å². The second-order valence-corrected chi connectivity index (χ2v) is 3.04. The molecule has 4 nitrogen and oxygen atoms in total. The van der Waals surface area contributed by atoms with Crippen molar-refractivity contribution < 1.29 is 49.0 Å². The first kappa shape index (κ1) is 15.2. The minimum atomic E-state index is -0.994. The van der Waals surface area contributed by atoms with Crippen LogP contribution in [0.25, 0.3) is 0 Å². The molecule has 5 heteroatoms. The van der Waals surface area contributed by atoms with Crippen LogP contribution in [-0.4, -0.2) is 17.0 Å². The molecule has 1 rings (SSSR count). The van der Waals surface area contributed by atoms with Crippen LogP contribution in [0.3, 0.4) is 0 Å². The zero-order valence-electron chi connectivity index (χ0n) is 9.18. The summed E-state index contributed by atoms with van der Waals surface area (Å²) in [5.41, 5.74) is 0.890. The van der Waals surface area contributed by atoms with E-state index in [1.807, 2.05) is 30.3 Å². The van der Waals surface area contributed by atoms with Crippen LogP contribution in [0.4, 0.5) is 0 Å². The first-order valence-corrected chi connectivity index (χ1v) is 4.60. The van der Waals surface area contributed by atoms with Gasteiger partial charge in [-0.15, -0.1) is 0 Å². The van der Waals surface area contributed by atoms with Gasteiger partial charge in [0.25, 0.3) is 0 Å². The summed E-state index contributed by atoms with van der Waals surface area (Å²) >= 11 is 0. The molecule has 0 aliphatic carbocycles. The molecule has 0 fully saturated rings. The largest absolute Gasteiger partial charge is 1.00 e. The smallest absolute Gasteiger partial charge is 0.481 e. The van der Waals surface area contributed by atoms with Crippen molar-refractivity contribution in [3.05, 3.63) is 35.9 Å². The number of esters is 1. The molecule has 0 unspecified atom stereocenters. The molecule has 0 heterocycles. The van der Waals surface area contributed by atoms with Crippen LogP contribution in [0.1, 0.15) is 18.4 Å². The Morgan fingerprint density at radius 3 is 2.31 bits per heavy atom. The minimum Gasteiger partial charge on any atom is -0.481 e. The number of hydrogen-bond donors (Lipinski definition) is 1. The Kier molecular flexibility index (Phi) is 7.89. The molecule has 80 valence electrons. The van der Waals surface area contributed by atoms with Crippen LogP contribution < -0.4 is 29.6 Å². The van der Waals surface area contributed by atoms with Crippen LogP contribution in [0, 0.1) is 0 Å². The van der Waals surface area contributed by atoms with Crippen molar-refractivity contribution in [1.29, 1.82) is 0 Å². The first-order chi connectivity index (χ1) is 7.18. The van der Waals surface area contributed by atoms with Gasteiger partial charge in [0.2, 0.25) is 0 Å². The molecule has 1 N–H and O–H groups in total. The zero-order chi connectivity index (χ0) is 11.1. The van der Waals surface area contributed by atoms with E-state index in [0.29, 0.717) is 0 Å². The average Bonchev–Trinajstić information content (AvgIpc) is 2.25. The zero-order valence-corrected chi connectivity index (χ0v) is 11.2. The third kappa shape index (κ3) is 6.61. The number of carbonyl (C=O) groups is 2. The summed E-state index contributed by atoms with van der Waals surface area (Å²) in [6.07, 6.45) is -0.268. The summed E-state index contributed by atoms with van der Waals surface area (Å²) in [5, 5.41) is 8.34. The molecule has 1 aromatic rings. The second-order valence-electron chi connectivity index (χ2n) is 3.04. The van der Waals surface area contributed by atoms with E-state index in [4.69, 9.17) is 9.84 Å². The van der Waals surface area contributed by atoms with Crippen molar-refractivity contribution in [2.24, 2.45) is 0 Å². The predicted molar refractivity (Wildman–Crippen MR) is 53.1 cm³/mol. The van der Waals surface area contributed by atoms with Crippen LogP contribution >= 0.6 is 0 Å². The van der Waals surface area contributed by atoms with Gasteiger partial charge in [-0.2, -0.15) is 0 Å². The fourth-order valence-corrected chi connectivity index (χ4v) is 1.02. The molecule has 0 saturated heterocycles. The monoisotopic (exact) mass is 231 g/mol. The maximum absolute atomic E-state index is 11.0. The Bertz CT molecular complexity index is 337. The van der Waals surface area contributed by atoms with Gasteiger partial charge in [0.05, 0.1) is 12.8 Å². The molecular formula is C11H12NaO4+. The van der Waals surface area contributed by atoms with E-state index < -0.39 is 11.9 Å². The average molecular weight is 231 g/mol. The van der Waals surface area contributed by atoms with Crippen molar-refractivity contribution >= 4 is 11.9 Å². The molecule has 0 aromatic heterocycles. The number of aliphatic carboxylic acids is 1. The van der Waals surface area contributed by atoms with E-state index in [1.54, 1.807) is 0 Å². The SMILES string of the molecule is O=C(O)CCC(=O)OCc1ccccc1.[Na+]. The maximum atomic E-state index is 11.0. The fraction of sp³-hybridized carbons (Fsp3) is 0.273. The van der Waals surface area contributed by atoms with Crippen LogP contribution in [0.5, 0.6) is 0 Å². The predicted octanol–water partition coefficient (Wildman–Crippen LogP) is -1.40. The number of carboxylic acid groups (broad SMARTS) is 1.